The van der Waals surface area contributed by atoms with Crippen LogP contribution in [0.25, 0.3) is 10.8 Å². The molecule has 1 heterocycles. The van der Waals surface area contributed by atoms with E-state index in [0.29, 0.717) is 34.7 Å². The molecule has 0 saturated carbocycles. The van der Waals surface area contributed by atoms with Gasteiger partial charge in [0.25, 0.3) is 0 Å². The van der Waals surface area contributed by atoms with Crippen molar-refractivity contribution < 1.29 is 17.6 Å². The van der Waals surface area contributed by atoms with Gasteiger partial charge in [0.05, 0.1) is 5.56 Å². The van der Waals surface area contributed by atoms with Gasteiger partial charge in [0.15, 0.2) is 11.6 Å². The summed E-state index contributed by atoms with van der Waals surface area (Å²) in [5.41, 5.74) is 2.72. The maximum atomic E-state index is 14.6. The number of rotatable bonds is 7. The van der Waals surface area contributed by atoms with Gasteiger partial charge in [-0.05, 0) is 90.0 Å². The van der Waals surface area contributed by atoms with Gasteiger partial charge in [-0.2, -0.15) is 0 Å². The first-order chi connectivity index (χ1) is 16.9. The lowest BCUT2D eigenvalue weighted by Crippen LogP contribution is -1.99. The molecule has 0 radical (unpaired) electrons. The van der Waals surface area contributed by atoms with Gasteiger partial charge >= 0.3 is 0 Å². The molecule has 0 aliphatic carbocycles. The van der Waals surface area contributed by atoms with Gasteiger partial charge < -0.3 is 0 Å². The summed E-state index contributed by atoms with van der Waals surface area (Å²) in [6.07, 6.45) is 7.44. The topological polar surface area (TPSA) is 12.9 Å². The minimum absolute atomic E-state index is 0.325. The SMILES string of the molecule is CCCCCc1ccc(CCc2cc(F)c(C#Cc3ccc4cc(F)c(F)cc4c3)c(F)c2)nc1. The van der Waals surface area contributed by atoms with Crippen molar-refractivity contribution in [2.45, 2.75) is 45.4 Å². The molecule has 0 N–H and O–H groups in total. The van der Waals surface area contributed by atoms with Crippen molar-refractivity contribution in [3.8, 4) is 11.8 Å². The van der Waals surface area contributed by atoms with Crippen LogP contribution in [-0.4, -0.2) is 4.98 Å². The Morgan fingerprint density at radius 1 is 0.657 bits per heavy atom. The van der Waals surface area contributed by atoms with Crippen molar-refractivity contribution in [3.63, 3.8) is 0 Å². The van der Waals surface area contributed by atoms with Crippen LogP contribution >= 0.6 is 0 Å². The van der Waals surface area contributed by atoms with E-state index < -0.39 is 23.3 Å². The van der Waals surface area contributed by atoms with Gasteiger partial charge in [-0.3, -0.25) is 4.98 Å². The Hall–Kier alpha value is -3.65. The third kappa shape index (κ3) is 6.27. The third-order valence-corrected chi connectivity index (χ3v) is 5.94. The molecule has 3 aromatic carbocycles. The molecule has 35 heavy (non-hydrogen) atoms. The summed E-state index contributed by atoms with van der Waals surface area (Å²) in [7, 11) is 0. The lowest BCUT2D eigenvalue weighted by Gasteiger charge is -2.06. The number of halogens is 4. The Morgan fingerprint density at radius 2 is 1.40 bits per heavy atom. The Labute approximate surface area is 202 Å². The van der Waals surface area contributed by atoms with Gasteiger partial charge in [-0.15, -0.1) is 0 Å². The van der Waals surface area contributed by atoms with Crippen LogP contribution in [0, 0.1) is 35.1 Å². The molecule has 0 fully saturated rings. The van der Waals surface area contributed by atoms with E-state index in [1.165, 1.54) is 30.5 Å². The number of pyridine rings is 1. The molecule has 4 rings (SSSR count). The Balaban J connectivity index is 1.44. The molecule has 0 saturated heterocycles. The van der Waals surface area contributed by atoms with E-state index >= 15 is 0 Å². The van der Waals surface area contributed by atoms with Crippen LogP contribution in [-0.2, 0) is 19.3 Å². The third-order valence-electron chi connectivity index (χ3n) is 5.94. The number of aromatic nitrogens is 1. The summed E-state index contributed by atoms with van der Waals surface area (Å²) in [5.74, 6) is 1.88. The van der Waals surface area contributed by atoms with Gasteiger partial charge in [-0.25, -0.2) is 17.6 Å². The van der Waals surface area contributed by atoms with Crippen LogP contribution < -0.4 is 0 Å². The lowest BCUT2D eigenvalue weighted by atomic mass is 10.0. The van der Waals surface area contributed by atoms with Crippen LogP contribution in [0.2, 0.25) is 0 Å². The molecule has 4 aromatic rings. The Bertz CT molecular complexity index is 1380. The van der Waals surface area contributed by atoms with Crippen LogP contribution in [0.4, 0.5) is 17.6 Å². The summed E-state index contributed by atoms with van der Waals surface area (Å²) >= 11 is 0. The molecule has 0 spiro atoms. The lowest BCUT2D eigenvalue weighted by molar-refractivity contribution is 0.511. The molecule has 0 unspecified atom stereocenters. The van der Waals surface area contributed by atoms with E-state index in [9.17, 15) is 17.6 Å². The van der Waals surface area contributed by atoms with Gasteiger partial charge in [-0.1, -0.05) is 43.7 Å². The average Bonchev–Trinajstić information content (AvgIpc) is 2.84. The van der Waals surface area contributed by atoms with Gasteiger partial charge in [0.1, 0.15) is 11.6 Å². The number of aryl methyl sites for hydroxylation is 3. The molecule has 1 nitrogen and oxygen atoms in total. The highest BCUT2D eigenvalue weighted by Crippen LogP contribution is 2.21. The zero-order valence-electron chi connectivity index (χ0n) is 19.5. The molecule has 5 heteroatoms. The fourth-order valence-electron chi connectivity index (χ4n) is 3.95. The molecule has 0 aliphatic rings. The van der Waals surface area contributed by atoms with Crippen LogP contribution in [0.1, 0.15) is 54.1 Å². The van der Waals surface area contributed by atoms with Crippen molar-refractivity contribution in [3.05, 3.63) is 112 Å². The summed E-state index contributed by atoms with van der Waals surface area (Å²) in [6, 6.07) is 13.5. The number of benzene rings is 3. The summed E-state index contributed by atoms with van der Waals surface area (Å²) in [6.45, 7) is 2.17. The van der Waals surface area contributed by atoms with Crippen LogP contribution in [0.15, 0.2) is 60.8 Å². The minimum Gasteiger partial charge on any atom is -0.261 e. The molecule has 0 bridgehead atoms. The highest BCUT2D eigenvalue weighted by atomic mass is 19.2. The Morgan fingerprint density at radius 3 is 2.09 bits per heavy atom. The van der Waals surface area contributed by atoms with E-state index in [4.69, 9.17) is 0 Å². The molecule has 0 aliphatic heterocycles. The number of unbranched alkanes of at least 4 members (excludes halogenated alkanes) is 2. The Kier molecular flexibility index (Phi) is 7.82. The highest BCUT2D eigenvalue weighted by Gasteiger charge is 2.10. The molecular formula is C30H25F4N. The standard InChI is InChI=1S/C30H25F4N/c1-2-3-4-5-21-7-11-25(35-19-21)12-8-22-15-27(31)26(28(32)16-22)13-9-20-6-10-23-17-29(33)30(34)18-24(23)14-20/h6-7,10-11,14-19H,2-5,8,12H2,1H3. The maximum Gasteiger partial charge on any atom is 0.159 e. The van der Waals surface area contributed by atoms with Crippen LogP contribution in [0.3, 0.4) is 0 Å². The quantitative estimate of drug-likeness (QED) is 0.152. The van der Waals surface area contributed by atoms with E-state index in [1.54, 1.807) is 18.2 Å². The van der Waals surface area contributed by atoms with Gasteiger partial charge in [0.2, 0.25) is 0 Å². The number of fused-ring (bicyclic) bond motifs is 1. The van der Waals surface area contributed by atoms with Crippen LogP contribution in [0.5, 0.6) is 0 Å². The first-order valence-corrected chi connectivity index (χ1v) is 11.8. The fourth-order valence-corrected chi connectivity index (χ4v) is 3.95. The van der Waals surface area contributed by atoms with E-state index in [-0.39, 0.29) is 5.56 Å². The van der Waals surface area contributed by atoms with Crippen molar-refractivity contribution in [2.75, 3.05) is 0 Å². The first-order valence-electron chi connectivity index (χ1n) is 11.8. The number of hydrogen-bond acceptors (Lipinski definition) is 1. The first kappa shape index (κ1) is 24.5. The molecule has 178 valence electrons. The minimum atomic E-state index is -0.964. The molecule has 1 aromatic heterocycles. The second-order valence-electron chi connectivity index (χ2n) is 8.63. The van der Waals surface area contributed by atoms with E-state index in [1.807, 2.05) is 12.3 Å². The fraction of sp³-hybridized carbons (Fsp3) is 0.233. The van der Waals surface area contributed by atoms with Gasteiger partial charge in [0, 0.05) is 17.5 Å². The monoisotopic (exact) mass is 475 g/mol. The van der Waals surface area contributed by atoms with Crippen molar-refractivity contribution in [1.29, 1.82) is 0 Å². The zero-order valence-corrected chi connectivity index (χ0v) is 19.5. The number of nitrogens with zero attached hydrogens (tertiary/aromatic N) is 1. The smallest absolute Gasteiger partial charge is 0.159 e. The van der Waals surface area contributed by atoms with Crippen molar-refractivity contribution in [2.24, 2.45) is 0 Å². The predicted molar refractivity (Wildman–Crippen MR) is 131 cm³/mol. The maximum absolute atomic E-state index is 14.6. The second kappa shape index (κ2) is 11.2. The second-order valence-corrected chi connectivity index (χ2v) is 8.63. The normalized spacial score (nSPS) is 10.9. The average molecular weight is 476 g/mol. The van der Waals surface area contributed by atoms with Crippen molar-refractivity contribution >= 4 is 10.8 Å². The summed E-state index contributed by atoms with van der Waals surface area (Å²) < 4.78 is 56.2. The largest absolute Gasteiger partial charge is 0.261 e. The summed E-state index contributed by atoms with van der Waals surface area (Å²) in [4.78, 5) is 4.48. The van der Waals surface area contributed by atoms with Crippen molar-refractivity contribution in [1.82, 2.24) is 4.98 Å². The van der Waals surface area contributed by atoms with E-state index in [2.05, 4.69) is 29.8 Å². The highest BCUT2D eigenvalue weighted by molar-refractivity contribution is 5.84. The summed E-state index contributed by atoms with van der Waals surface area (Å²) in [5, 5.41) is 0.964. The molecule has 0 amide bonds. The predicted octanol–water partition coefficient (Wildman–Crippen LogP) is 7.71. The number of hydrogen-bond donors (Lipinski definition) is 0. The zero-order chi connectivity index (χ0) is 24.8. The molecular weight excluding hydrogens is 450 g/mol. The van der Waals surface area contributed by atoms with E-state index in [0.717, 1.165) is 30.7 Å². The molecule has 0 atom stereocenters.